The van der Waals surface area contributed by atoms with E-state index in [9.17, 15) is 14.4 Å². The third-order valence-electron chi connectivity index (χ3n) is 4.10. The van der Waals surface area contributed by atoms with E-state index in [-0.39, 0.29) is 45.8 Å². The fraction of sp³-hybridized carbons (Fsp3) is 0.250. The van der Waals surface area contributed by atoms with Crippen LogP contribution in [0.2, 0.25) is 5.02 Å². The molecule has 0 aliphatic heterocycles. The van der Waals surface area contributed by atoms with Crippen LogP contribution in [0.15, 0.2) is 36.4 Å². The zero-order chi connectivity index (χ0) is 21.6. The summed E-state index contributed by atoms with van der Waals surface area (Å²) in [6.07, 6.45) is 0. The highest BCUT2D eigenvalue weighted by molar-refractivity contribution is 6.34. The van der Waals surface area contributed by atoms with Crippen LogP contribution in [0, 0.1) is 0 Å². The average Bonchev–Trinajstić information content (AvgIpc) is 2.72. The second-order valence-electron chi connectivity index (χ2n) is 6.03. The Balaban J connectivity index is 2.42. The molecule has 0 spiro atoms. The Morgan fingerprint density at radius 3 is 2.38 bits per heavy atom. The van der Waals surface area contributed by atoms with Crippen molar-refractivity contribution < 1.29 is 23.9 Å². The summed E-state index contributed by atoms with van der Waals surface area (Å²) < 4.78 is 10.7. The monoisotopic (exact) mass is 419 g/mol. The summed E-state index contributed by atoms with van der Waals surface area (Å²) in [4.78, 5) is 38.2. The van der Waals surface area contributed by atoms with Crippen LogP contribution in [-0.2, 0) is 4.79 Å². The van der Waals surface area contributed by atoms with Crippen molar-refractivity contribution in [3.8, 4) is 11.5 Å². The first-order valence-electron chi connectivity index (χ1n) is 8.60. The van der Waals surface area contributed by atoms with Crippen LogP contribution in [0.5, 0.6) is 11.5 Å². The molecule has 2 aromatic rings. The van der Waals surface area contributed by atoms with Gasteiger partial charge in [-0.25, -0.2) is 0 Å². The molecule has 9 heteroatoms. The van der Waals surface area contributed by atoms with E-state index >= 15 is 0 Å². The second kappa shape index (κ2) is 9.79. The quantitative estimate of drug-likeness (QED) is 0.718. The van der Waals surface area contributed by atoms with Crippen molar-refractivity contribution in [3.05, 3.63) is 52.5 Å². The molecule has 2 aromatic carbocycles. The van der Waals surface area contributed by atoms with Crippen LogP contribution in [0.1, 0.15) is 20.7 Å². The maximum absolute atomic E-state index is 12.7. The number of likely N-dealkylation sites (N-methyl/N-ethyl adjacent to an activating group) is 2. The number of amides is 3. The van der Waals surface area contributed by atoms with Gasteiger partial charge in [0.2, 0.25) is 5.91 Å². The summed E-state index contributed by atoms with van der Waals surface area (Å²) in [6, 6.07) is 9.51. The summed E-state index contributed by atoms with van der Waals surface area (Å²) in [5, 5.41) is 5.44. The first-order valence-corrected chi connectivity index (χ1v) is 8.98. The first-order chi connectivity index (χ1) is 13.8. The van der Waals surface area contributed by atoms with E-state index in [1.807, 2.05) is 0 Å². The van der Waals surface area contributed by atoms with Gasteiger partial charge in [0.05, 0.1) is 37.0 Å². The Hall–Kier alpha value is -3.26. The number of carbonyl (C=O) groups is 3. The third kappa shape index (κ3) is 5.17. The Kier molecular flexibility index (Phi) is 7.44. The molecule has 3 amide bonds. The molecule has 0 saturated heterocycles. The Bertz CT molecular complexity index is 932. The largest absolute Gasteiger partial charge is 0.493 e. The normalized spacial score (nSPS) is 10.1. The molecule has 154 valence electrons. The van der Waals surface area contributed by atoms with Gasteiger partial charge in [0, 0.05) is 19.7 Å². The van der Waals surface area contributed by atoms with Gasteiger partial charge in [0.15, 0.2) is 11.5 Å². The van der Waals surface area contributed by atoms with Gasteiger partial charge in [0.25, 0.3) is 11.8 Å². The van der Waals surface area contributed by atoms with Gasteiger partial charge in [-0.05, 0) is 24.3 Å². The van der Waals surface area contributed by atoms with E-state index in [0.29, 0.717) is 0 Å². The van der Waals surface area contributed by atoms with Crippen molar-refractivity contribution in [2.75, 3.05) is 40.2 Å². The molecule has 0 aliphatic carbocycles. The van der Waals surface area contributed by atoms with Gasteiger partial charge in [-0.1, -0.05) is 23.7 Å². The molecule has 0 radical (unpaired) electrons. The number of hydrogen-bond acceptors (Lipinski definition) is 5. The number of nitrogens with zero attached hydrogens (tertiary/aromatic N) is 1. The minimum absolute atomic E-state index is 0.120. The summed E-state index contributed by atoms with van der Waals surface area (Å²) in [6.45, 7) is -0.120. The highest BCUT2D eigenvalue weighted by atomic mass is 35.5. The molecule has 29 heavy (non-hydrogen) atoms. The smallest absolute Gasteiger partial charge is 0.257 e. The Morgan fingerprint density at radius 2 is 1.79 bits per heavy atom. The number of halogens is 1. The molecule has 2 rings (SSSR count). The van der Waals surface area contributed by atoms with E-state index < -0.39 is 11.8 Å². The number of anilines is 1. The highest BCUT2D eigenvalue weighted by Crippen LogP contribution is 2.37. The molecular weight excluding hydrogens is 398 g/mol. The maximum Gasteiger partial charge on any atom is 0.257 e. The number of rotatable bonds is 7. The number of methoxy groups -OCH3 is 2. The summed E-state index contributed by atoms with van der Waals surface area (Å²) in [7, 11) is 5.82. The number of carbonyl (C=O) groups excluding carboxylic acids is 3. The van der Waals surface area contributed by atoms with Crippen molar-refractivity contribution >= 4 is 35.0 Å². The molecule has 8 nitrogen and oxygen atoms in total. The molecule has 0 aliphatic rings. The van der Waals surface area contributed by atoms with Crippen LogP contribution < -0.4 is 20.1 Å². The second-order valence-corrected chi connectivity index (χ2v) is 6.43. The maximum atomic E-state index is 12.7. The molecule has 0 fully saturated rings. The zero-order valence-corrected chi connectivity index (χ0v) is 17.3. The van der Waals surface area contributed by atoms with Gasteiger partial charge in [0.1, 0.15) is 0 Å². The minimum atomic E-state index is -0.473. The lowest BCUT2D eigenvalue weighted by Gasteiger charge is -2.19. The summed E-state index contributed by atoms with van der Waals surface area (Å²) >= 11 is 6.09. The molecule has 0 bridgehead atoms. The van der Waals surface area contributed by atoms with E-state index in [1.165, 1.54) is 45.3 Å². The van der Waals surface area contributed by atoms with Crippen LogP contribution in [0.3, 0.4) is 0 Å². The van der Waals surface area contributed by atoms with E-state index in [1.54, 1.807) is 24.3 Å². The lowest BCUT2D eigenvalue weighted by atomic mass is 10.1. The van der Waals surface area contributed by atoms with Crippen LogP contribution >= 0.6 is 11.6 Å². The van der Waals surface area contributed by atoms with Gasteiger partial charge in [-0.3, -0.25) is 14.4 Å². The van der Waals surface area contributed by atoms with Gasteiger partial charge in [-0.2, -0.15) is 0 Å². The van der Waals surface area contributed by atoms with Gasteiger partial charge >= 0.3 is 0 Å². The van der Waals surface area contributed by atoms with Crippen molar-refractivity contribution in [1.29, 1.82) is 0 Å². The van der Waals surface area contributed by atoms with Gasteiger partial charge < -0.3 is 25.0 Å². The first kappa shape index (κ1) is 22.0. The van der Waals surface area contributed by atoms with Crippen LogP contribution in [-0.4, -0.2) is 57.5 Å². The zero-order valence-electron chi connectivity index (χ0n) is 16.5. The summed E-state index contributed by atoms with van der Waals surface area (Å²) in [5.41, 5.74) is 0.709. The number of hydrogen-bond donors (Lipinski definition) is 2. The molecular formula is C20H22ClN3O5. The number of benzene rings is 2. The lowest BCUT2D eigenvalue weighted by molar-refractivity contribution is -0.121. The summed E-state index contributed by atoms with van der Waals surface area (Å²) in [5.74, 6) is -0.713. The van der Waals surface area contributed by atoms with E-state index in [4.69, 9.17) is 21.1 Å². The topological polar surface area (TPSA) is 97.0 Å². The van der Waals surface area contributed by atoms with Crippen LogP contribution in [0.4, 0.5) is 5.69 Å². The molecule has 0 aromatic heterocycles. The fourth-order valence-electron chi connectivity index (χ4n) is 2.60. The standard InChI is InChI=1S/C20H22ClN3O5/c1-22-17(25)11-24(2)20(27)12-9-15(18(29-4)16(10-12)28-3)23-19(26)13-7-5-6-8-14(13)21/h5-10H,11H2,1-4H3,(H,22,25)(H,23,26). The number of nitrogens with one attached hydrogen (secondary N) is 2. The molecule has 2 N–H and O–H groups in total. The predicted molar refractivity (Wildman–Crippen MR) is 110 cm³/mol. The van der Waals surface area contributed by atoms with Crippen LogP contribution in [0.25, 0.3) is 0 Å². The van der Waals surface area contributed by atoms with Crippen molar-refractivity contribution in [2.45, 2.75) is 0 Å². The molecule has 0 heterocycles. The van der Waals surface area contributed by atoms with Crippen molar-refractivity contribution in [1.82, 2.24) is 10.2 Å². The fourth-order valence-corrected chi connectivity index (χ4v) is 2.82. The predicted octanol–water partition coefficient (Wildman–Crippen LogP) is 2.43. The number of ether oxygens (including phenoxy) is 2. The molecule has 0 atom stereocenters. The third-order valence-corrected chi connectivity index (χ3v) is 4.43. The molecule has 0 unspecified atom stereocenters. The average molecular weight is 420 g/mol. The van der Waals surface area contributed by atoms with Gasteiger partial charge in [-0.15, -0.1) is 0 Å². The lowest BCUT2D eigenvalue weighted by Crippen LogP contribution is -2.36. The minimum Gasteiger partial charge on any atom is -0.493 e. The van der Waals surface area contributed by atoms with E-state index in [0.717, 1.165) is 0 Å². The highest BCUT2D eigenvalue weighted by Gasteiger charge is 2.21. The molecule has 0 saturated carbocycles. The Labute approximate surface area is 173 Å². The van der Waals surface area contributed by atoms with Crippen molar-refractivity contribution in [3.63, 3.8) is 0 Å². The SMILES string of the molecule is CNC(=O)CN(C)C(=O)c1cc(NC(=O)c2ccccc2Cl)c(OC)c(OC)c1. The van der Waals surface area contributed by atoms with E-state index in [2.05, 4.69) is 10.6 Å². The Morgan fingerprint density at radius 1 is 1.10 bits per heavy atom. The van der Waals surface area contributed by atoms with Crippen molar-refractivity contribution in [2.24, 2.45) is 0 Å².